The molecular formula is C19H19N3O3. The Labute approximate surface area is 146 Å². The van der Waals surface area contributed by atoms with E-state index in [2.05, 4.69) is 17.2 Å². The average Bonchev–Trinajstić information content (AvgIpc) is 2.59. The topological polar surface area (TPSA) is 75.5 Å². The summed E-state index contributed by atoms with van der Waals surface area (Å²) in [7, 11) is 3.95. The van der Waals surface area contributed by atoms with Gasteiger partial charge in [0.2, 0.25) is 5.91 Å². The van der Waals surface area contributed by atoms with Crippen LogP contribution >= 0.6 is 0 Å². The van der Waals surface area contributed by atoms with Gasteiger partial charge in [0, 0.05) is 37.5 Å². The predicted octanol–water partition coefficient (Wildman–Crippen LogP) is 2.37. The number of hydrogen-bond donors (Lipinski definition) is 1. The van der Waals surface area contributed by atoms with Gasteiger partial charge in [-0.25, -0.2) is 0 Å². The van der Waals surface area contributed by atoms with Crippen LogP contribution in [0.15, 0.2) is 48.5 Å². The molecule has 25 heavy (non-hydrogen) atoms. The third-order valence-electron chi connectivity index (χ3n) is 3.50. The van der Waals surface area contributed by atoms with Crippen LogP contribution in [-0.4, -0.2) is 31.5 Å². The van der Waals surface area contributed by atoms with E-state index in [4.69, 9.17) is 0 Å². The minimum Gasteiger partial charge on any atom is -0.378 e. The van der Waals surface area contributed by atoms with E-state index in [0.29, 0.717) is 0 Å². The first-order valence-electron chi connectivity index (χ1n) is 7.72. The van der Waals surface area contributed by atoms with Gasteiger partial charge in [-0.2, -0.15) is 0 Å². The number of nitrogens with zero attached hydrogens (tertiary/aromatic N) is 2. The second-order valence-corrected chi connectivity index (χ2v) is 5.62. The molecule has 1 N–H and O–H groups in total. The largest absolute Gasteiger partial charge is 0.378 e. The van der Waals surface area contributed by atoms with Gasteiger partial charge in [0.05, 0.1) is 17.9 Å². The molecule has 0 saturated heterocycles. The summed E-state index contributed by atoms with van der Waals surface area (Å²) in [5.74, 6) is 5.72. The van der Waals surface area contributed by atoms with Gasteiger partial charge < -0.3 is 10.2 Å². The average molecular weight is 337 g/mol. The normalized spacial score (nSPS) is 9.68. The van der Waals surface area contributed by atoms with E-state index in [1.165, 1.54) is 12.1 Å². The van der Waals surface area contributed by atoms with E-state index in [1.807, 2.05) is 43.3 Å². The van der Waals surface area contributed by atoms with Crippen molar-refractivity contribution in [3.63, 3.8) is 0 Å². The standard InChI is InChI=1S/C19H19N3O3/c1-21(2)17-9-5-15(6-10-17)4-3-13-20-19(23)14-16-7-11-18(12-8-16)22(24)25/h5-12H,13-14H2,1-2H3,(H,20,23). The Morgan fingerprint density at radius 1 is 1.12 bits per heavy atom. The van der Waals surface area contributed by atoms with Gasteiger partial charge in [-0.3, -0.25) is 14.9 Å². The van der Waals surface area contributed by atoms with Gasteiger partial charge in [-0.05, 0) is 29.8 Å². The molecule has 0 atom stereocenters. The van der Waals surface area contributed by atoms with Gasteiger partial charge in [0.15, 0.2) is 0 Å². The Morgan fingerprint density at radius 3 is 2.32 bits per heavy atom. The highest BCUT2D eigenvalue weighted by Gasteiger charge is 2.06. The SMILES string of the molecule is CN(C)c1ccc(C#CCNC(=O)Cc2ccc([N+](=O)[O-])cc2)cc1. The molecule has 2 aromatic rings. The maximum Gasteiger partial charge on any atom is 0.269 e. The highest BCUT2D eigenvalue weighted by molar-refractivity contribution is 5.78. The van der Waals surface area contributed by atoms with Crippen LogP contribution in [0.1, 0.15) is 11.1 Å². The molecule has 0 radical (unpaired) electrons. The Morgan fingerprint density at radius 2 is 1.76 bits per heavy atom. The zero-order valence-electron chi connectivity index (χ0n) is 14.2. The van der Waals surface area contributed by atoms with E-state index < -0.39 is 4.92 Å². The monoisotopic (exact) mass is 337 g/mol. The number of rotatable bonds is 5. The fourth-order valence-corrected chi connectivity index (χ4v) is 2.12. The van der Waals surface area contributed by atoms with Crippen LogP contribution < -0.4 is 10.2 Å². The first-order chi connectivity index (χ1) is 12.0. The van der Waals surface area contributed by atoms with E-state index in [-0.39, 0.29) is 24.6 Å². The number of non-ortho nitro benzene ring substituents is 1. The van der Waals surface area contributed by atoms with Gasteiger partial charge in [-0.1, -0.05) is 24.0 Å². The van der Waals surface area contributed by atoms with Crippen molar-refractivity contribution >= 4 is 17.3 Å². The van der Waals surface area contributed by atoms with Crippen molar-refractivity contribution < 1.29 is 9.72 Å². The highest BCUT2D eigenvalue weighted by atomic mass is 16.6. The van der Waals surface area contributed by atoms with Crippen molar-refractivity contribution in [2.24, 2.45) is 0 Å². The minimum absolute atomic E-state index is 0.00955. The number of anilines is 1. The lowest BCUT2D eigenvalue weighted by molar-refractivity contribution is -0.384. The number of carbonyl (C=O) groups is 1. The van der Waals surface area contributed by atoms with Crippen LogP contribution in [0.4, 0.5) is 11.4 Å². The van der Waals surface area contributed by atoms with Crippen molar-refractivity contribution in [1.29, 1.82) is 0 Å². The molecule has 0 fully saturated rings. The minimum atomic E-state index is -0.468. The summed E-state index contributed by atoms with van der Waals surface area (Å²) < 4.78 is 0. The Balaban J connectivity index is 1.81. The van der Waals surface area contributed by atoms with Gasteiger partial charge >= 0.3 is 0 Å². The van der Waals surface area contributed by atoms with Crippen molar-refractivity contribution in [2.45, 2.75) is 6.42 Å². The van der Waals surface area contributed by atoms with Crippen molar-refractivity contribution in [2.75, 3.05) is 25.5 Å². The number of nitrogens with one attached hydrogen (secondary N) is 1. The molecule has 0 spiro atoms. The first-order valence-corrected chi connectivity index (χ1v) is 7.72. The molecule has 2 rings (SSSR count). The Hall–Kier alpha value is -3.33. The Bertz CT molecular complexity index is 801. The molecule has 6 heteroatoms. The molecule has 6 nitrogen and oxygen atoms in total. The lowest BCUT2D eigenvalue weighted by Crippen LogP contribution is -2.25. The van der Waals surface area contributed by atoms with Gasteiger partial charge in [-0.15, -0.1) is 0 Å². The molecule has 0 aliphatic rings. The van der Waals surface area contributed by atoms with E-state index in [1.54, 1.807) is 12.1 Å². The number of nitro groups is 1. The van der Waals surface area contributed by atoms with E-state index in [9.17, 15) is 14.9 Å². The molecule has 0 heterocycles. The second-order valence-electron chi connectivity index (χ2n) is 5.62. The van der Waals surface area contributed by atoms with Crippen LogP contribution in [0.3, 0.4) is 0 Å². The van der Waals surface area contributed by atoms with Crippen LogP contribution in [0.2, 0.25) is 0 Å². The van der Waals surface area contributed by atoms with Crippen LogP contribution in [0, 0.1) is 22.0 Å². The van der Waals surface area contributed by atoms with Gasteiger partial charge in [0.25, 0.3) is 5.69 Å². The lowest BCUT2D eigenvalue weighted by atomic mass is 10.1. The molecule has 0 aromatic heterocycles. The molecular weight excluding hydrogens is 318 g/mol. The summed E-state index contributed by atoms with van der Waals surface area (Å²) in [6, 6.07) is 13.8. The van der Waals surface area contributed by atoms with Crippen molar-refractivity contribution in [3.05, 3.63) is 69.8 Å². The van der Waals surface area contributed by atoms with E-state index >= 15 is 0 Å². The fraction of sp³-hybridized carbons (Fsp3) is 0.211. The summed E-state index contributed by atoms with van der Waals surface area (Å²) in [5, 5.41) is 13.3. The number of carbonyl (C=O) groups excluding carboxylic acids is 1. The van der Waals surface area contributed by atoms with E-state index in [0.717, 1.165) is 16.8 Å². The van der Waals surface area contributed by atoms with Crippen molar-refractivity contribution in [3.8, 4) is 11.8 Å². The third-order valence-corrected chi connectivity index (χ3v) is 3.50. The molecule has 0 unspecified atom stereocenters. The highest BCUT2D eigenvalue weighted by Crippen LogP contribution is 2.12. The summed E-state index contributed by atoms with van der Waals surface area (Å²) in [5.41, 5.74) is 2.71. The molecule has 2 aromatic carbocycles. The second kappa shape index (κ2) is 8.50. The lowest BCUT2D eigenvalue weighted by Gasteiger charge is -2.11. The van der Waals surface area contributed by atoms with Crippen LogP contribution in [-0.2, 0) is 11.2 Å². The predicted molar refractivity (Wildman–Crippen MR) is 97.5 cm³/mol. The quantitative estimate of drug-likeness (QED) is 0.516. The zero-order chi connectivity index (χ0) is 18.2. The number of hydrogen-bond acceptors (Lipinski definition) is 4. The van der Waals surface area contributed by atoms with Gasteiger partial charge in [0.1, 0.15) is 0 Å². The third kappa shape index (κ3) is 5.66. The van der Waals surface area contributed by atoms with Crippen LogP contribution in [0.25, 0.3) is 0 Å². The molecule has 128 valence electrons. The summed E-state index contributed by atoms with van der Waals surface area (Å²) in [4.78, 5) is 24.0. The number of amides is 1. The molecule has 0 aliphatic carbocycles. The summed E-state index contributed by atoms with van der Waals surface area (Å²) in [6.07, 6.45) is 0.164. The Kier molecular flexibility index (Phi) is 6.13. The first kappa shape index (κ1) is 18.0. The number of benzene rings is 2. The van der Waals surface area contributed by atoms with Crippen molar-refractivity contribution in [1.82, 2.24) is 5.32 Å². The molecule has 0 aliphatic heterocycles. The molecule has 0 saturated carbocycles. The number of nitro benzene ring substituents is 1. The molecule has 1 amide bonds. The smallest absolute Gasteiger partial charge is 0.269 e. The summed E-state index contributed by atoms with van der Waals surface area (Å²) >= 11 is 0. The summed E-state index contributed by atoms with van der Waals surface area (Å²) in [6.45, 7) is 0.251. The maximum absolute atomic E-state index is 11.8. The maximum atomic E-state index is 11.8. The fourth-order valence-electron chi connectivity index (χ4n) is 2.12. The van der Waals surface area contributed by atoms with Crippen LogP contribution in [0.5, 0.6) is 0 Å². The molecule has 0 bridgehead atoms. The zero-order valence-corrected chi connectivity index (χ0v) is 14.2.